The van der Waals surface area contributed by atoms with Crippen LogP contribution < -0.4 is 5.32 Å². The molecule has 130 valence electrons. The second kappa shape index (κ2) is 7.34. The second-order valence-electron chi connectivity index (χ2n) is 6.33. The number of piperidine rings is 1. The molecule has 1 aliphatic heterocycles. The van der Waals surface area contributed by atoms with Crippen LogP contribution in [0.5, 0.6) is 0 Å². The van der Waals surface area contributed by atoms with E-state index in [1.54, 1.807) is 9.58 Å². The van der Waals surface area contributed by atoms with Gasteiger partial charge in [-0.15, -0.1) is 0 Å². The predicted octanol–water partition coefficient (Wildman–Crippen LogP) is 1.62. The molecule has 0 bridgehead atoms. The zero-order chi connectivity index (χ0) is 17.7. The van der Waals surface area contributed by atoms with E-state index in [0.717, 1.165) is 11.4 Å². The van der Waals surface area contributed by atoms with E-state index in [9.17, 15) is 10.1 Å². The van der Waals surface area contributed by atoms with Crippen LogP contribution in [0, 0.1) is 11.3 Å². The summed E-state index contributed by atoms with van der Waals surface area (Å²) in [6.45, 7) is 1.68. The summed E-state index contributed by atoms with van der Waals surface area (Å²) in [6, 6.07) is 12.3. The van der Waals surface area contributed by atoms with Gasteiger partial charge in [-0.25, -0.2) is 9.78 Å². The van der Waals surface area contributed by atoms with E-state index in [-0.39, 0.29) is 6.03 Å². The average Bonchev–Trinajstić information content (AvgIpc) is 3.07. The number of aromatic nitrogens is 3. The summed E-state index contributed by atoms with van der Waals surface area (Å²) < 4.78 is 1.70. The van der Waals surface area contributed by atoms with Crippen molar-refractivity contribution in [3.63, 3.8) is 0 Å². The largest absolute Gasteiger partial charge is 0.338 e. The molecular weight excluding hydrogens is 316 g/mol. The molecule has 0 unspecified atom stereocenters. The minimum atomic E-state index is -0.489. The van der Waals surface area contributed by atoms with Crippen LogP contribution in [0.4, 0.5) is 4.79 Å². The fourth-order valence-corrected chi connectivity index (χ4v) is 3.25. The summed E-state index contributed by atoms with van der Waals surface area (Å²) >= 11 is 0. The Kier molecular flexibility index (Phi) is 4.98. The van der Waals surface area contributed by atoms with E-state index in [0.29, 0.717) is 38.9 Å². The normalized spacial score (nSPS) is 16.2. The van der Waals surface area contributed by atoms with E-state index in [1.807, 2.05) is 37.4 Å². The van der Waals surface area contributed by atoms with Gasteiger partial charge in [0.15, 0.2) is 0 Å². The highest BCUT2D eigenvalue weighted by Gasteiger charge is 2.37. The molecule has 1 aromatic carbocycles. The third-order valence-electron chi connectivity index (χ3n) is 4.87. The second-order valence-corrected chi connectivity index (χ2v) is 6.33. The van der Waals surface area contributed by atoms with Crippen molar-refractivity contribution in [2.24, 2.45) is 7.05 Å². The first-order valence-corrected chi connectivity index (χ1v) is 8.47. The van der Waals surface area contributed by atoms with E-state index in [4.69, 9.17) is 0 Å². The maximum atomic E-state index is 12.3. The highest BCUT2D eigenvalue weighted by atomic mass is 16.2. The van der Waals surface area contributed by atoms with Gasteiger partial charge in [-0.05, 0) is 18.4 Å². The van der Waals surface area contributed by atoms with E-state index in [1.165, 1.54) is 6.33 Å². The molecular formula is C18H22N6O. The number of urea groups is 1. The minimum absolute atomic E-state index is 0.0817. The summed E-state index contributed by atoms with van der Waals surface area (Å²) in [5.41, 5.74) is 0.552. The Morgan fingerprint density at radius 3 is 2.64 bits per heavy atom. The number of nitriles is 1. The van der Waals surface area contributed by atoms with Gasteiger partial charge in [0.2, 0.25) is 0 Å². The van der Waals surface area contributed by atoms with Gasteiger partial charge in [-0.1, -0.05) is 30.3 Å². The number of nitrogens with zero attached hydrogens (tertiary/aromatic N) is 5. The number of carbonyl (C=O) groups excluding carboxylic acids is 1. The number of hydrogen-bond acceptors (Lipinski definition) is 4. The molecule has 1 saturated heterocycles. The highest BCUT2D eigenvalue weighted by molar-refractivity contribution is 5.74. The topological polar surface area (TPSA) is 86.8 Å². The summed E-state index contributed by atoms with van der Waals surface area (Å²) in [5.74, 6) is 0.839. The molecule has 2 heterocycles. The molecule has 0 aliphatic carbocycles. The Morgan fingerprint density at radius 1 is 1.32 bits per heavy atom. The minimum Gasteiger partial charge on any atom is -0.338 e. The fraction of sp³-hybridized carbons (Fsp3) is 0.444. The first kappa shape index (κ1) is 17.0. The Labute approximate surface area is 147 Å². The van der Waals surface area contributed by atoms with Gasteiger partial charge in [0.1, 0.15) is 12.2 Å². The lowest BCUT2D eigenvalue weighted by atomic mass is 9.74. The van der Waals surface area contributed by atoms with Gasteiger partial charge in [0.25, 0.3) is 0 Å². The predicted molar refractivity (Wildman–Crippen MR) is 92.6 cm³/mol. The smallest absolute Gasteiger partial charge is 0.317 e. The Hall–Kier alpha value is -2.88. The van der Waals surface area contributed by atoms with Crippen LogP contribution in [0.15, 0.2) is 36.7 Å². The number of hydrogen-bond donors (Lipinski definition) is 1. The maximum absolute atomic E-state index is 12.3. The molecule has 0 radical (unpaired) electrons. The van der Waals surface area contributed by atoms with Crippen LogP contribution in [-0.2, 0) is 18.9 Å². The molecule has 2 amide bonds. The molecule has 7 nitrogen and oxygen atoms in total. The van der Waals surface area contributed by atoms with Crippen molar-refractivity contribution in [1.29, 1.82) is 5.26 Å². The summed E-state index contributed by atoms with van der Waals surface area (Å²) in [6.07, 6.45) is 3.46. The van der Waals surface area contributed by atoms with Crippen molar-refractivity contribution >= 4 is 6.03 Å². The van der Waals surface area contributed by atoms with Gasteiger partial charge < -0.3 is 10.2 Å². The van der Waals surface area contributed by atoms with Crippen LogP contribution >= 0.6 is 0 Å². The molecule has 0 atom stereocenters. The lowest BCUT2D eigenvalue weighted by Gasteiger charge is -2.37. The maximum Gasteiger partial charge on any atom is 0.317 e. The van der Waals surface area contributed by atoms with Crippen LogP contribution in [0.1, 0.15) is 24.2 Å². The van der Waals surface area contributed by atoms with Crippen molar-refractivity contribution < 1.29 is 4.79 Å². The molecule has 0 saturated carbocycles. The Morgan fingerprint density at radius 2 is 2.04 bits per heavy atom. The molecule has 2 aromatic rings. The SMILES string of the molecule is Cn1ncnc1CCNC(=O)N1CCC(C#N)(c2ccccc2)CC1. The molecule has 7 heteroatoms. The molecule has 1 aliphatic rings. The van der Waals surface area contributed by atoms with E-state index < -0.39 is 5.41 Å². The van der Waals surface area contributed by atoms with Crippen LogP contribution in [0.2, 0.25) is 0 Å². The molecule has 3 rings (SSSR count). The van der Waals surface area contributed by atoms with Gasteiger partial charge in [0.05, 0.1) is 11.5 Å². The van der Waals surface area contributed by atoms with Crippen molar-refractivity contribution in [1.82, 2.24) is 25.0 Å². The molecule has 1 aromatic heterocycles. The zero-order valence-corrected chi connectivity index (χ0v) is 14.4. The quantitative estimate of drug-likeness (QED) is 0.918. The number of nitrogens with one attached hydrogen (secondary N) is 1. The summed E-state index contributed by atoms with van der Waals surface area (Å²) in [5, 5.41) is 16.6. The van der Waals surface area contributed by atoms with Gasteiger partial charge in [-0.3, -0.25) is 4.68 Å². The number of benzene rings is 1. The Bertz CT molecular complexity index is 755. The lowest BCUT2D eigenvalue weighted by Crippen LogP contribution is -2.48. The van der Waals surface area contributed by atoms with Crippen molar-refractivity contribution in [2.45, 2.75) is 24.7 Å². The van der Waals surface area contributed by atoms with Gasteiger partial charge in [0, 0.05) is 33.1 Å². The monoisotopic (exact) mass is 338 g/mol. The standard InChI is InChI=1S/C18H22N6O/c1-23-16(21-14-22-23)7-10-20-17(25)24-11-8-18(13-19,9-12-24)15-5-3-2-4-6-15/h2-6,14H,7-12H2,1H3,(H,20,25). The molecule has 25 heavy (non-hydrogen) atoms. The number of likely N-dealkylation sites (tertiary alicyclic amines) is 1. The summed E-state index contributed by atoms with van der Waals surface area (Å²) in [4.78, 5) is 18.3. The van der Waals surface area contributed by atoms with E-state index >= 15 is 0 Å². The van der Waals surface area contributed by atoms with Crippen LogP contribution in [-0.4, -0.2) is 45.3 Å². The molecule has 1 N–H and O–H groups in total. The van der Waals surface area contributed by atoms with Crippen molar-refractivity contribution in [3.05, 3.63) is 48.0 Å². The summed E-state index contributed by atoms with van der Waals surface area (Å²) in [7, 11) is 1.83. The fourth-order valence-electron chi connectivity index (χ4n) is 3.25. The van der Waals surface area contributed by atoms with Crippen LogP contribution in [0.3, 0.4) is 0 Å². The number of amides is 2. The number of rotatable bonds is 4. The molecule has 1 fully saturated rings. The first-order valence-electron chi connectivity index (χ1n) is 8.47. The van der Waals surface area contributed by atoms with Crippen molar-refractivity contribution in [2.75, 3.05) is 19.6 Å². The third kappa shape index (κ3) is 3.63. The van der Waals surface area contributed by atoms with Gasteiger partial charge >= 0.3 is 6.03 Å². The van der Waals surface area contributed by atoms with E-state index in [2.05, 4.69) is 21.5 Å². The zero-order valence-electron chi connectivity index (χ0n) is 14.4. The van der Waals surface area contributed by atoms with Gasteiger partial charge in [-0.2, -0.15) is 10.4 Å². The number of aryl methyl sites for hydroxylation is 1. The highest BCUT2D eigenvalue weighted by Crippen LogP contribution is 2.34. The first-order chi connectivity index (χ1) is 12.1. The molecule has 0 spiro atoms. The average molecular weight is 338 g/mol. The van der Waals surface area contributed by atoms with Crippen LogP contribution in [0.25, 0.3) is 0 Å². The lowest BCUT2D eigenvalue weighted by molar-refractivity contribution is 0.171. The van der Waals surface area contributed by atoms with Crippen molar-refractivity contribution in [3.8, 4) is 6.07 Å². The third-order valence-corrected chi connectivity index (χ3v) is 4.87. The Balaban J connectivity index is 1.52. The number of carbonyl (C=O) groups is 1.